The summed E-state index contributed by atoms with van der Waals surface area (Å²) in [6.45, 7) is 5.26. The number of methoxy groups -OCH3 is 1. The van der Waals surface area contributed by atoms with Crippen molar-refractivity contribution in [2.75, 3.05) is 25.2 Å². The van der Waals surface area contributed by atoms with Gasteiger partial charge in [-0.25, -0.2) is 13.2 Å². The third-order valence-corrected chi connectivity index (χ3v) is 6.31. The first kappa shape index (κ1) is 25.7. The van der Waals surface area contributed by atoms with Crippen molar-refractivity contribution in [3.8, 4) is 11.5 Å². The maximum atomic E-state index is 12.5. The number of ether oxygens (including phenoxy) is 2. The first-order valence-corrected chi connectivity index (χ1v) is 11.6. The second-order valence-corrected chi connectivity index (χ2v) is 9.51. The molecular formula is C20H32N2O7S. The fraction of sp³-hybridized carbons (Fsp3) is 0.600. The topological polar surface area (TPSA) is 145 Å². The summed E-state index contributed by atoms with van der Waals surface area (Å²) in [6, 6.07) is 3.29. The van der Waals surface area contributed by atoms with Crippen molar-refractivity contribution < 1.29 is 32.6 Å². The van der Waals surface area contributed by atoms with Gasteiger partial charge in [0.15, 0.2) is 21.3 Å². The minimum Gasteiger partial charge on any atom is -0.493 e. The number of hydrogen-bond acceptors (Lipinski definition) is 7. The zero-order valence-corrected chi connectivity index (χ0v) is 18.7. The fourth-order valence-corrected chi connectivity index (χ4v) is 4.68. The van der Waals surface area contributed by atoms with Gasteiger partial charge in [0.05, 0.1) is 25.2 Å². The van der Waals surface area contributed by atoms with Crippen molar-refractivity contribution in [3.63, 3.8) is 0 Å². The third kappa shape index (κ3) is 8.58. The molecule has 0 aliphatic heterocycles. The number of rotatable bonds is 13. The molecule has 10 heteroatoms. The Morgan fingerprint density at radius 1 is 1.27 bits per heavy atom. The minimum atomic E-state index is -3.48. The predicted octanol–water partition coefficient (Wildman–Crippen LogP) is 1.51. The fourth-order valence-electron chi connectivity index (χ4n) is 3.01. The van der Waals surface area contributed by atoms with Gasteiger partial charge < -0.3 is 25.6 Å². The van der Waals surface area contributed by atoms with Gasteiger partial charge >= 0.3 is 5.97 Å². The highest BCUT2D eigenvalue weighted by Gasteiger charge is 2.24. The lowest BCUT2D eigenvalue weighted by molar-refractivity contribution is -0.142. The summed E-state index contributed by atoms with van der Waals surface area (Å²) < 4.78 is 35.8. The van der Waals surface area contributed by atoms with E-state index in [0.29, 0.717) is 23.7 Å². The van der Waals surface area contributed by atoms with Crippen LogP contribution in [-0.4, -0.2) is 56.7 Å². The number of benzene rings is 1. The number of hydrogen-bond donors (Lipinski definition) is 3. The highest BCUT2D eigenvalue weighted by molar-refractivity contribution is 7.91. The number of sulfone groups is 1. The van der Waals surface area contributed by atoms with E-state index in [-0.39, 0.29) is 30.3 Å². The summed E-state index contributed by atoms with van der Waals surface area (Å²) in [6.07, 6.45) is 0.415. The zero-order chi connectivity index (χ0) is 22.9. The van der Waals surface area contributed by atoms with E-state index in [1.807, 2.05) is 6.92 Å². The largest absolute Gasteiger partial charge is 0.493 e. The Hall–Kier alpha value is -2.33. The van der Waals surface area contributed by atoms with Gasteiger partial charge in [-0.05, 0) is 43.4 Å². The monoisotopic (exact) mass is 444 g/mol. The van der Waals surface area contributed by atoms with Crippen LogP contribution in [0.4, 0.5) is 0 Å². The average Bonchev–Trinajstić information content (AvgIpc) is 2.65. The summed E-state index contributed by atoms with van der Waals surface area (Å²) >= 11 is 0. The maximum Gasteiger partial charge on any atom is 0.326 e. The minimum absolute atomic E-state index is 0.122. The smallest absolute Gasteiger partial charge is 0.326 e. The van der Waals surface area contributed by atoms with Gasteiger partial charge in [-0.3, -0.25) is 4.79 Å². The van der Waals surface area contributed by atoms with Gasteiger partial charge in [-0.2, -0.15) is 0 Å². The summed E-state index contributed by atoms with van der Waals surface area (Å²) in [5.41, 5.74) is 6.74. The summed E-state index contributed by atoms with van der Waals surface area (Å²) in [5.74, 6) is -1.14. The van der Waals surface area contributed by atoms with Crippen molar-refractivity contribution in [1.29, 1.82) is 0 Å². The van der Waals surface area contributed by atoms with Crippen molar-refractivity contribution in [2.45, 2.75) is 45.7 Å². The number of nitrogens with one attached hydrogen (secondary N) is 1. The normalized spacial score (nSPS) is 14.4. The van der Waals surface area contributed by atoms with E-state index in [0.717, 1.165) is 0 Å². The number of nitrogens with two attached hydrogens (primary N) is 1. The lowest BCUT2D eigenvalue weighted by Crippen LogP contribution is -2.40. The molecule has 0 saturated heterocycles. The molecule has 9 nitrogen and oxygen atoms in total. The second-order valence-electron chi connectivity index (χ2n) is 7.29. The Bertz CT molecular complexity index is 826. The van der Waals surface area contributed by atoms with Crippen LogP contribution in [0.15, 0.2) is 18.2 Å². The highest BCUT2D eigenvalue weighted by atomic mass is 32.2. The van der Waals surface area contributed by atoms with Gasteiger partial charge in [0, 0.05) is 13.0 Å². The second kappa shape index (κ2) is 11.8. The Morgan fingerprint density at radius 2 is 1.93 bits per heavy atom. The predicted molar refractivity (Wildman–Crippen MR) is 113 cm³/mol. The van der Waals surface area contributed by atoms with Crippen LogP contribution in [0.25, 0.3) is 0 Å². The van der Waals surface area contributed by atoms with Gasteiger partial charge in [-0.15, -0.1) is 0 Å². The third-order valence-electron chi connectivity index (χ3n) is 4.58. The molecule has 0 heterocycles. The summed E-state index contributed by atoms with van der Waals surface area (Å²) in [7, 11) is -1.96. The van der Waals surface area contributed by atoms with Crippen LogP contribution in [0.3, 0.4) is 0 Å². The molecule has 1 unspecified atom stereocenters. The highest BCUT2D eigenvalue weighted by Crippen LogP contribution is 2.30. The molecule has 0 spiro atoms. The Balaban J connectivity index is 2.71. The first-order chi connectivity index (χ1) is 14.0. The number of carbonyl (C=O) groups is 2. The first-order valence-electron chi connectivity index (χ1n) is 9.75. The standard InChI is InChI=1S/C20H32N2O7S/c1-5-29-19-11-15(6-7-18(19)28-4)16(21)12-30(26,27)9-8-13(2)10-17(20(24)25)22-14(3)23/h6-7,11,13,16-17H,5,8-10,12,21H2,1-4H3,(H,22,23)(H,24,25)/t13?,16-,17+/m1/s1. The van der Waals surface area contributed by atoms with E-state index in [1.165, 1.54) is 14.0 Å². The molecule has 0 aliphatic carbocycles. The van der Waals surface area contributed by atoms with Crippen LogP contribution in [0.2, 0.25) is 0 Å². The molecular weight excluding hydrogens is 412 g/mol. The van der Waals surface area contributed by atoms with Crippen molar-refractivity contribution in [3.05, 3.63) is 23.8 Å². The van der Waals surface area contributed by atoms with Crippen LogP contribution < -0.4 is 20.5 Å². The van der Waals surface area contributed by atoms with E-state index < -0.39 is 33.8 Å². The molecule has 0 saturated carbocycles. The zero-order valence-electron chi connectivity index (χ0n) is 17.9. The molecule has 0 aliphatic rings. The van der Waals surface area contributed by atoms with Crippen LogP contribution in [0, 0.1) is 5.92 Å². The van der Waals surface area contributed by atoms with Crippen molar-refractivity contribution in [2.24, 2.45) is 11.7 Å². The summed E-state index contributed by atoms with van der Waals surface area (Å²) in [4.78, 5) is 22.3. The van der Waals surface area contributed by atoms with Gasteiger partial charge in [0.1, 0.15) is 6.04 Å². The molecule has 170 valence electrons. The molecule has 1 aromatic rings. The maximum absolute atomic E-state index is 12.5. The lowest BCUT2D eigenvalue weighted by atomic mass is 9.99. The van der Waals surface area contributed by atoms with Crippen LogP contribution in [0.5, 0.6) is 11.5 Å². The quantitative estimate of drug-likeness (QED) is 0.415. The Morgan fingerprint density at radius 3 is 2.47 bits per heavy atom. The van der Waals surface area contributed by atoms with Gasteiger partial charge in [-0.1, -0.05) is 13.0 Å². The van der Waals surface area contributed by atoms with Crippen LogP contribution in [-0.2, 0) is 19.4 Å². The summed E-state index contributed by atoms with van der Waals surface area (Å²) in [5, 5.41) is 11.5. The molecule has 0 radical (unpaired) electrons. The van der Waals surface area contributed by atoms with E-state index in [9.17, 15) is 23.1 Å². The lowest BCUT2D eigenvalue weighted by Gasteiger charge is -2.19. The molecule has 30 heavy (non-hydrogen) atoms. The number of carboxylic acid groups (broad SMARTS) is 1. The Kier molecular flexibility index (Phi) is 10.1. The number of aliphatic carboxylic acids is 1. The van der Waals surface area contributed by atoms with E-state index in [2.05, 4.69) is 5.32 Å². The molecule has 3 atom stereocenters. The SMILES string of the molecule is CCOc1cc([C@H](N)CS(=O)(=O)CCC(C)C[C@H](NC(C)=O)C(=O)O)ccc1OC. The van der Waals surface area contributed by atoms with E-state index in [1.54, 1.807) is 25.1 Å². The van der Waals surface area contributed by atoms with E-state index in [4.69, 9.17) is 15.2 Å². The van der Waals surface area contributed by atoms with Gasteiger partial charge in [0.25, 0.3) is 0 Å². The molecule has 4 N–H and O–H groups in total. The molecule has 0 fully saturated rings. The number of carbonyl (C=O) groups excluding carboxylic acids is 1. The van der Waals surface area contributed by atoms with Crippen molar-refractivity contribution in [1.82, 2.24) is 5.32 Å². The molecule has 1 amide bonds. The molecule has 0 bridgehead atoms. The molecule has 1 aromatic carbocycles. The average molecular weight is 445 g/mol. The van der Waals surface area contributed by atoms with Gasteiger partial charge in [0.2, 0.25) is 5.91 Å². The van der Waals surface area contributed by atoms with Crippen molar-refractivity contribution >= 4 is 21.7 Å². The molecule has 0 aromatic heterocycles. The van der Waals surface area contributed by atoms with Crippen LogP contribution in [0.1, 0.15) is 45.2 Å². The van der Waals surface area contributed by atoms with Crippen LogP contribution >= 0.6 is 0 Å². The number of carboxylic acids is 1. The Labute approximate surface area is 177 Å². The number of amides is 1. The molecule has 1 rings (SSSR count). The van der Waals surface area contributed by atoms with E-state index >= 15 is 0 Å².